The normalized spacial score (nSPS) is 40.0. The fourth-order valence-corrected chi connectivity index (χ4v) is 9.58. The van der Waals surface area contributed by atoms with Crippen LogP contribution in [0.4, 0.5) is 0 Å². The average molecular weight is 400 g/mol. The Kier molecular flexibility index (Phi) is 5.37. The summed E-state index contributed by atoms with van der Waals surface area (Å²) in [5, 5.41) is 0. The quantitative estimate of drug-likeness (QED) is 0.616. The van der Waals surface area contributed by atoms with E-state index >= 15 is 0 Å². The van der Waals surface area contributed by atoms with Crippen LogP contribution in [-0.4, -0.2) is 54.8 Å². The van der Waals surface area contributed by atoms with Gasteiger partial charge in [-0.2, -0.15) is 11.8 Å². The fourth-order valence-electron chi connectivity index (χ4n) is 6.79. The summed E-state index contributed by atoms with van der Waals surface area (Å²) >= 11 is 1.77. The van der Waals surface area contributed by atoms with Crippen LogP contribution in [0.15, 0.2) is 0 Å². The van der Waals surface area contributed by atoms with Crippen LogP contribution in [0.2, 0.25) is 0 Å². The molecule has 5 fully saturated rings. The molecule has 0 spiro atoms. The van der Waals surface area contributed by atoms with Gasteiger partial charge in [0.1, 0.15) is 0 Å². The van der Waals surface area contributed by atoms with E-state index in [-0.39, 0.29) is 23.5 Å². The first-order valence-electron chi connectivity index (χ1n) is 10.5. The van der Waals surface area contributed by atoms with Gasteiger partial charge in [0, 0.05) is 12.6 Å². The molecule has 4 nitrogen and oxygen atoms in total. The van der Waals surface area contributed by atoms with Gasteiger partial charge in [0.05, 0.1) is 17.3 Å². The summed E-state index contributed by atoms with van der Waals surface area (Å²) in [6, 6.07) is -0.0961. The Morgan fingerprint density at radius 1 is 1.12 bits per heavy atom. The van der Waals surface area contributed by atoms with Crippen molar-refractivity contribution in [2.24, 2.45) is 23.2 Å². The largest absolute Gasteiger partial charge is 0.338 e. The lowest BCUT2D eigenvalue weighted by molar-refractivity contribution is -0.129. The highest BCUT2D eigenvalue weighted by Crippen LogP contribution is 2.61. The predicted molar refractivity (Wildman–Crippen MR) is 107 cm³/mol. The van der Waals surface area contributed by atoms with E-state index in [0.29, 0.717) is 24.1 Å². The maximum absolute atomic E-state index is 12.6. The Hall–Kier alpha value is -0.230. The number of nitrogens with zero attached hydrogens (tertiary/aromatic N) is 1. The van der Waals surface area contributed by atoms with Gasteiger partial charge < -0.3 is 4.90 Å². The van der Waals surface area contributed by atoms with Crippen molar-refractivity contribution < 1.29 is 13.2 Å². The van der Waals surface area contributed by atoms with E-state index < -0.39 is 9.84 Å². The Labute approximate surface area is 162 Å². The Balaban J connectivity index is 1.24. The molecule has 5 aliphatic rings. The third kappa shape index (κ3) is 3.96. The van der Waals surface area contributed by atoms with Crippen LogP contribution in [0.1, 0.15) is 58.3 Å². The molecule has 1 amide bonds. The highest BCUT2D eigenvalue weighted by atomic mass is 32.2. The highest BCUT2D eigenvalue weighted by Gasteiger charge is 2.50. The molecule has 148 valence electrons. The van der Waals surface area contributed by atoms with Crippen LogP contribution in [0.5, 0.6) is 0 Å². The number of amides is 1. The van der Waals surface area contributed by atoms with Crippen molar-refractivity contribution in [2.75, 3.05) is 29.6 Å². The second kappa shape index (κ2) is 7.31. The SMILES string of the molecule is CCN(C(=O)CSCCC12CC3CC(CC(C3)C1)C2)C1CCS(=O)(=O)C1. The molecule has 0 aromatic carbocycles. The smallest absolute Gasteiger partial charge is 0.232 e. The molecule has 6 heteroatoms. The number of hydrogen-bond donors (Lipinski definition) is 0. The van der Waals surface area contributed by atoms with E-state index in [1.165, 1.54) is 44.9 Å². The lowest BCUT2D eigenvalue weighted by Gasteiger charge is -2.57. The van der Waals surface area contributed by atoms with Crippen molar-refractivity contribution >= 4 is 27.5 Å². The summed E-state index contributed by atoms with van der Waals surface area (Å²) in [5.74, 6) is 5.10. The molecule has 0 aromatic heterocycles. The van der Waals surface area contributed by atoms with Gasteiger partial charge in [0.2, 0.25) is 5.91 Å². The number of carbonyl (C=O) groups excluding carboxylic acids is 1. The molecule has 0 aromatic rings. The molecule has 1 saturated heterocycles. The molecule has 4 saturated carbocycles. The van der Waals surface area contributed by atoms with Crippen molar-refractivity contribution in [3.63, 3.8) is 0 Å². The molecule has 1 heterocycles. The number of rotatable bonds is 7. The minimum absolute atomic E-state index is 0.0961. The van der Waals surface area contributed by atoms with E-state index in [4.69, 9.17) is 0 Å². The van der Waals surface area contributed by atoms with Crippen LogP contribution in [-0.2, 0) is 14.6 Å². The van der Waals surface area contributed by atoms with Crippen LogP contribution in [0.3, 0.4) is 0 Å². The summed E-state index contributed by atoms with van der Waals surface area (Å²) in [6.07, 6.45) is 10.7. The van der Waals surface area contributed by atoms with Gasteiger partial charge in [0.15, 0.2) is 9.84 Å². The molecule has 0 radical (unpaired) electrons. The van der Waals surface area contributed by atoms with Crippen molar-refractivity contribution in [3.8, 4) is 0 Å². The Morgan fingerprint density at radius 2 is 1.73 bits per heavy atom. The summed E-state index contributed by atoms with van der Waals surface area (Å²) < 4.78 is 23.4. The number of thioether (sulfide) groups is 1. The average Bonchev–Trinajstić information content (AvgIpc) is 2.91. The van der Waals surface area contributed by atoms with Crippen LogP contribution in [0.25, 0.3) is 0 Å². The fraction of sp³-hybridized carbons (Fsp3) is 0.950. The summed E-state index contributed by atoms with van der Waals surface area (Å²) in [4.78, 5) is 14.4. The van der Waals surface area contributed by atoms with Gasteiger partial charge in [-0.3, -0.25) is 4.79 Å². The zero-order valence-electron chi connectivity index (χ0n) is 16.0. The van der Waals surface area contributed by atoms with E-state index in [9.17, 15) is 13.2 Å². The van der Waals surface area contributed by atoms with E-state index in [2.05, 4.69) is 0 Å². The Bertz CT molecular complexity index is 610. The predicted octanol–water partition coefficient (Wildman–Crippen LogP) is 3.36. The molecule has 1 aliphatic heterocycles. The van der Waals surface area contributed by atoms with Crippen LogP contribution in [0, 0.1) is 23.2 Å². The summed E-state index contributed by atoms with van der Waals surface area (Å²) in [6.45, 7) is 2.58. The zero-order valence-corrected chi connectivity index (χ0v) is 17.6. The van der Waals surface area contributed by atoms with Crippen molar-refractivity contribution in [1.29, 1.82) is 0 Å². The third-order valence-electron chi connectivity index (χ3n) is 7.48. The molecule has 1 unspecified atom stereocenters. The van der Waals surface area contributed by atoms with Gasteiger partial charge in [0.25, 0.3) is 0 Å². The molecular formula is C20H33NO3S2. The second-order valence-electron chi connectivity index (χ2n) is 9.46. The highest BCUT2D eigenvalue weighted by molar-refractivity contribution is 7.99. The molecule has 0 N–H and O–H groups in total. The zero-order chi connectivity index (χ0) is 18.4. The van der Waals surface area contributed by atoms with Crippen molar-refractivity contribution in [3.05, 3.63) is 0 Å². The maximum atomic E-state index is 12.6. The van der Waals surface area contributed by atoms with E-state index in [1.807, 2.05) is 11.8 Å². The monoisotopic (exact) mass is 399 g/mol. The number of carbonyl (C=O) groups is 1. The molecule has 5 rings (SSSR count). The first kappa shape index (κ1) is 19.1. The molecule has 4 bridgehead atoms. The first-order valence-corrected chi connectivity index (χ1v) is 13.4. The van der Waals surface area contributed by atoms with Crippen LogP contribution >= 0.6 is 11.8 Å². The Morgan fingerprint density at radius 3 is 2.23 bits per heavy atom. The number of sulfone groups is 1. The van der Waals surface area contributed by atoms with Crippen LogP contribution < -0.4 is 0 Å². The third-order valence-corrected chi connectivity index (χ3v) is 10.2. The molecule has 26 heavy (non-hydrogen) atoms. The van der Waals surface area contributed by atoms with Gasteiger partial charge in [-0.25, -0.2) is 8.42 Å². The lowest BCUT2D eigenvalue weighted by Crippen LogP contribution is -2.46. The van der Waals surface area contributed by atoms with E-state index in [1.54, 1.807) is 11.8 Å². The van der Waals surface area contributed by atoms with Gasteiger partial charge in [-0.1, -0.05) is 0 Å². The minimum Gasteiger partial charge on any atom is -0.338 e. The molecular weight excluding hydrogens is 366 g/mol. The van der Waals surface area contributed by atoms with Gasteiger partial charge in [-0.15, -0.1) is 0 Å². The van der Waals surface area contributed by atoms with E-state index in [0.717, 1.165) is 23.5 Å². The van der Waals surface area contributed by atoms with Crippen molar-refractivity contribution in [1.82, 2.24) is 4.90 Å². The minimum atomic E-state index is -2.94. The van der Waals surface area contributed by atoms with Crippen molar-refractivity contribution in [2.45, 2.75) is 64.3 Å². The summed E-state index contributed by atoms with van der Waals surface area (Å²) in [5.41, 5.74) is 0.592. The lowest BCUT2D eigenvalue weighted by atomic mass is 9.49. The standard InChI is InChI=1S/C20H33NO3S2/c1-2-21(18-3-6-26(23,24)14-18)19(22)13-25-5-4-20-10-15-7-16(11-20)9-17(8-15)12-20/h15-18H,2-14H2,1H3. The topological polar surface area (TPSA) is 54.5 Å². The summed E-state index contributed by atoms with van der Waals surface area (Å²) in [7, 11) is -2.94. The second-order valence-corrected chi connectivity index (χ2v) is 12.8. The molecule has 4 aliphatic carbocycles. The number of hydrogen-bond acceptors (Lipinski definition) is 4. The maximum Gasteiger partial charge on any atom is 0.232 e. The van der Waals surface area contributed by atoms with Gasteiger partial charge >= 0.3 is 0 Å². The first-order chi connectivity index (χ1) is 12.4. The molecule has 1 atom stereocenters. The van der Waals surface area contributed by atoms with Gasteiger partial charge in [-0.05, 0) is 87.2 Å².